The van der Waals surface area contributed by atoms with E-state index in [1.54, 1.807) is 6.20 Å². The molecule has 22 heavy (non-hydrogen) atoms. The van der Waals surface area contributed by atoms with Gasteiger partial charge in [-0.15, -0.1) is 0 Å². The van der Waals surface area contributed by atoms with E-state index in [2.05, 4.69) is 10.4 Å². The molecule has 2 aromatic rings. The maximum Gasteiger partial charge on any atom is 0.252 e. The van der Waals surface area contributed by atoms with Crippen LogP contribution in [0.4, 0.5) is 4.39 Å². The van der Waals surface area contributed by atoms with Crippen molar-refractivity contribution in [2.75, 3.05) is 0 Å². The molecule has 2 heterocycles. The second-order valence-corrected chi connectivity index (χ2v) is 6.62. The van der Waals surface area contributed by atoms with Gasteiger partial charge < -0.3 is 5.32 Å². The summed E-state index contributed by atoms with van der Waals surface area (Å²) in [6.07, 6.45) is 3.44. The fourth-order valence-electron chi connectivity index (χ4n) is 2.75. The van der Waals surface area contributed by atoms with Gasteiger partial charge in [-0.1, -0.05) is 0 Å². The molecule has 2 aromatic heterocycles. The Balaban J connectivity index is 1.79. The lowest BCUT2D eigenvalue weighted by molar-refractivity contribution is 0.0949. The van der Waals surface area contributed by atoms with E-state index in [4.69, 9.17) is 4.98 Å². The summed E-state index contributed by atoms with van der Waals surface area (Å²) in [6.45, 7) is 4.07. The summed E-state index contributed by atoms with van der Waals surface area (Å²) in [7, 11) is 0. The van der Waals surface area contributed by atoms with E-state index >= 15 is 0 Å². The van der Waals surface area contributed by atoms with Crippen molar-refractivity contribution in [1.29, 1.82) is 0 Å². The highest BCUT2D eigenvalue weighted by Gasteiger charge is 2.39. The third kappa shape index (κ3) is 2.26. The number of pyridine rings is 1. The van der Waals surface area contributed by atoms with Crippen molar-refractivity contribution in [1.82, 2.24) is 20.1 Å². The maximum atomic E-state index is 13.0. The topological polar surface area (TPSA) is 59.8 Å². The molecule has 5 nitrogen and oxygen atoms in total. The van der Waals surface area contributed by atoms with Crippen LogP contribution in [0.5, 0.6) is 0 Å². The number of hydrogen-bond donors (Lipinski definition) is 1. The van der Waals surface area contributed by atoms with Crippen LogP contribution in [0, 0.1) is 0 Å². The molecule has 2 aliphatic rings. The molecule has 2 fully saturated rings. The summed E-state index contributed by atoms with van der Waals surface area (Å²) in [6, 6.07) is 1.70. The van der Waals surface area contributed by atoms with E-state index in [9.17, 15) is 9.18 Å². The molecule has 0 aliphatic heterocycles. The molecule has 2 atom stereocenters. The van der Waals surface area contributed by atoms with Gasteiger partial charge in [0.2, 0.25) is 0 Å². The smallest absolute Gasteiger partial charge is 0.252 e. The molecule has 4 rings (SSSR count). The van der Waals surface area contributed by atoms with Gasteiger partial charge in [0, 0.05) is 24.1 Å². The predicted octanol–water partition coefficient (Wildman–Crippen LogP) is 2.73. The minimum atomic E-state index is -0.900. The zero-order valence-corrected chi connectivity index (χ0v) is 12.7. The van der Waals surface area contributed by atoms with E-state index in [1.165, 1.54) is 0 Å². The summed E-state index contributed by atoms with van der Waals surface area (Å²) < 4.78 is 14.9. The quantitative estimate of drug-likeness (QED) is 0.944. The monoisotopic (exact) mass is 302 g/mol. The molecular weight excluding hydrogens is 283 g/mol. The molecule has 6 heteroatoms. The van der Waals surface area contributed by atoms with Gasteiger partial charge in [-0.3, -0.25) is 4.79 Å². The summed E-state index contributed by atoms with van der Waals surface area (Å²) >= 11 is 0. The molecule has 2 saturated carbocycles. The van der Waals surface area contributed by atoms with Crippen molar-refractivity contribution in [3.05, 3.63) is 23.5 Å². The summed E-state index contributed by atoms with van der Waals surface area (Å²) in [5.41, 5.74) is 2.27. The number of alkyl halides is 1. The van der Waals surface area contributed by atoms with Crippen LogP contribution < -0.4 is 5.32 Å². The van der Waals surface area contributed by atoms with Gasteiger partial charge in [-0.05, 0) is 32.8 Å². The lowest BCUT2D eigenvalue weighted by atomic mass is 10.1. The fraction of sp³-hybridized carbons (Fsp3) is 0.562. The van der Waals surface area contributed by atoms with Crippen LogP contribution in [0.2, 0.25) is 0 Å². The van der Waals surface area contributed by atoms with Crippen molar-refractivity contribution in [2.24, 2.45) is 0 Å². The SMILES string of the molecule is CC(C)n1ncc2c(C(=O)N[C@@H]3C[C@@H]3F)cc(C3CC3)nc21. The van der Waals surface area contributed by atoms with Crippen molar-refractivity contribution >= 4 is 16.9 Å². The highest BCUT2D eigenvalue weighted by molar-refractivity contribution is 6.05. The first kappa shape index (κ1) is 13.7. The molecular formula is C16H19FN4O. The molecule has 0 unspecified atom stereocenters. The average Bonchev–Trinajstić information content (AvgIpc) is 3.38. The van der Waals surface area contributed by atoms with Crippen LogP contribution in [0.1, 0.15) is 61.1 Å². The highest BCUT2D eigenvalue weighted by atomic mass is 19.1. The summed E-state index contributed by atoms with van der Waals surface area (Å²) in [5.74, 6) is 0.226. The van der Waals surface area contributed by atoms with Crippen molar-refractivity contribution < 1.29 is 9.18 Å². The van der Waals surface area contributed by atoms with Gasteiger partial charge in [0.1, 0.15) is 6.17 Å². The number of carbonyl (C=O) groups excluding carboxylic acids is 1. The number of nitrogens with one attached hydrogen (secondary N) is 1. The molecule has 1 amide bonds. The van der Waals surface area contributed by atoms with Crippen LogP contribution >= 0.6 is 0 Å². The fourth-order valence-corrected chi connectivity index (χ4v) is 2.75. The molecule has 116 valence electrons. The molecule has 0 radical (unpaired) electrons. The lowest BCUT2D eigenvalue weighted by Gasteiger charge is -2.10. The molecule has 1 N–H and O–H groups in total. The van der Waals surface area contributed by atoms with Crippen LogP contribution in [0.15, 0.2) is 12.3 Å². The van der Waals surface area contributed by atoms with E-state index in [0.29, 0.717) is 17.9 Å². The zero-order chi connectivity index (χ0) is 15.4. The van der Waals surface area contributed by atoms with Crippen molar-refractivity contribution in [3.63, 3.8) is 0 Å². The Bertz CT molecular complexity index is 750. The third-order valence-electron chi connectivity index (χ3n) is 4.34. The van der Waals surface area contributed by atoms with Crippen LogP contribution in [-0.4, -0.2) is 32.9 Å². The molecule has 0 bridgehead atoms. The highest BCUT2D eigenvalue weighted by Crippen LogP contribution is 2.40. The standard InChI is InChI=1S/C16H19FN4O/c1-8(2)21-15-11(7-18-21)10(5-13(19-15)9-3-4-9)16(22)20-14-6-12(14)17/h5,7-9,12,14H,3-4,6H2,1-2H3,(H,20,22)/t12-,14+/m0/s1. The minimum absolute atomic E-state index is 0.175. The second kappa shape index (κ2) is 4.76. The molecule has 0 saturated heterocycles. The molecule has 0 aromatic carbocycles. The number of rotatable bonds is 4. The Morgan fingerprint density at radius 2 is 2.18 bits per heavy atom. The van der Waals surface area contributed by atoms with Gasteiger partial charge in [0.25, 0.3) is 5.91 Å². The van der Waals surface area contributed by atoms with Crippen LogP contribution in [-0.2, 0) is 0 Å². The van der Waals surface area contributed by atoms with Gasteiger partial charge in [-0.2, -0.15) is 5.10 Å². The second-order valence-electron chi connectivity index (χ2n) is 6.62. The molecule has 0 spiro atoms. The van der Waals surface area contributed by atoms with E-state index in [0.717, 1.165) is 29.6 Å². The maximum absolute atomic E-state index is 13.0. The van der Waals surface area contributed by atoms with E-state index in [1.807, 2.05) is 24.6 Å². The molecule has 2 aliphatic carbocycles. The lowest BCUT2D eigenvalue weighted by Crippen LogP contribution is -2.27. The number of hydrogen-bond acceptors (Lipinski definition) is 3. The number of carbonyl (C=O) groups is 1. The number of amides is 1. The van der Waals surface area contributed by atoms with Crippen molar-refractivity contribution in [3.8, 4) is 0 Å². The average molecular weight is 302 g/mol. The third-order valence-corrected chi connectivity index (χ3v) is 4.34. The summed E-state index contributed by atoms with van der Waals surface area (Å²) in [5, 5.41) is 7.87. The number of nitrogens with zero attached hydrogens (tertiary/aromatic N) is 3. The van der Waals surface area contributed by atoms with Crippen molar-refractivity contribution in [2.45, 2.75) is 57.3 Å². The Labute approximate surface area is 127 Å². The first-order valence-corrected chi connectivity index (χ1v) is 7.87. The van der Waals surface area contributed by atoms with Gasteiger partial charge >= 0.3 is 0 Å². The van der Waals surface area contributed by atoms with Crippen LogP contribution in [0.3, 0.4) is 0 Å². The first-order chi connectivity index (χ1) is 10.5. The number of fused-ring (bicyclic) bond motifs is 1. The Morgan fingerprint density at radius 3 is 2.77 bits per heavy atom. The Morgan fingerprint density at radius 1 is 1.45 bits per heavy atom. The van der Waals surface area contributed by atoms with E-state index < -0.39 is 6.17 Å². The van der Waals surface area contributed by atoms with Gasteiger partial charge in [0.15, 0.2) is 5.65 Å². The summed E-state index contributed by atoms with van der Waals surface area (Å²) in [4.78, 5) is 17.2. The number of halogens is 1. The van der Waals surface area contributed by atoms with Crippen LogP contribution in [0.25, 0.3) is 11.0 Å². The number of aromatic nitrogens is 3. The largest absolute Gasteiger partial charge is 0.346 e. The Kier molecular flexibility index (Phi) is 2.96. The zero-order valence-electron chi connectivity index (χ0n) is 12.7. The van der Waals surface area contributed by atoms with E-state index in [-0.39, 0.29) is 18.0 Å². The van der Waals surface area contributed by atoms with Gasteiger partial charge in [0.05, 0.1) is 23.2 Å². The first-order valence-electron chi connectivity index (χ1n) is 7.87. The predicted molar refractivity (Wildman–Crippen MR) is 80.7 cm³/mol. The minimum Gasteiger partial charge on any atom is -0.346 e. The normalized spacial score (nSPS) is 24.0. The Hall–Kier alpha value is -1.98. The van der Waals surface area contributed by atoms with Gasteiger partial charge in [-0.25, -0.2) is 14.1 Å².